The molecule has 0 aliphatic rings. The Morgan fingerprint density at radius 2 is 2.29 bits per heavy atom. The van der Waals surface area contributed by atoms with Gasteiger partial charge >= 0.3 is 5.97 Å². The van der Waals surface area contributed by atoms with Gasteiger partial charge in [-0.1, -0.05) is 6.07 Å². The molecule has 0 bridgehead atoms. The van der Waals surface area contributed by atoms with Gasteiger partial charge in [0.2, 0.25) is 0 Å². The predicted octanol–water partition coefficient (Wildman–Crippen LogP) is 3.53. The average Bonchev–Trinajstić information content (AvgIpc) is 2.89. The number of thiophene rings is 2. The van der Waals surface area contributed by atoms with Crippen molar-refractivity contribution in [2.24, 2.45) is 0 Å². The highest BCUT2D eigenvalue weighted by Gasteiger charge is 2.10. The maximum absolute atomic E-state index is 10.8. The highest BCUT2D eigenvalue weighted by atomic mass is 32.1. The van der Waals surface area contributed by atoms with Crippen LogP contribution in [-0.4, -0.2) is 11.1 Å². The Kier molecular flexibility index (Phi) is 3.93. The normalized spacial score (nSPS) is 10.6. The second-order valence-corrected chi connectivity index (χ2v) is 5.86. The summed E-state index contributed by atoms with van der Waals surface area (Å²) in [7, 11) is 0. The quantitative estimate of drug-likeness (QED) is 0.902. The first-order valence-corrected chi connectivity index (χ1v) is 6.79. The lowest BCUT2D eigenvalue weighted by molar-refractivity contribution is 0.0701. The Bertz CT molecular complexity index is 500. The van der Waals surface area contributed by atoms with E-state index in [0.29, 0.717) is 18.1 Å². The van der Waals surface area contributed by atoms with E-state index in [-0.39, 0.29) is 0 Å². The highest BCUT2D eigenvalue weighted by Crippen LogP contribution is 2.22. The molecule has 0 atom stereocenters. The van der Waals surface area contributed by atoms with Crippen molar-refractivity contribution in [3.05, 3.63) is 43.8 Å². The van der Waals surface area contributed by atoms with Crippen molar-refractivity contribution in [1.82, 2.24) is 0 Å². The number of carboxylic acid groups (broad SMARTS) is 1. The molecule has 0 fully saturated rings. The van der Waals surface area contributed by atoms with Crippen molar-refractivity contribution in [3.63, 3.8) is 0 Å². The van der Waals surface area contributed by atoms with Gasteiger partial charge in [0, 0.05) is 9.75 Å². The van der Waals surface area contributed by atoms with Gasteiger partial charge in [0.05, 0.1) is 13.2 Å². The Morgan fingerprint density at radius 1 is 1.47 bits per heavy atom. The van der Waals surface area contributed by atoms with E-state index in [1.807, 2.05) is 24.4 Å². The third kappa shape index (κ3) is 3.15. The Morgan fingerprint density at radius 3 is 2.88 bits per heavy atom. The van der Waals surface area contributed by atoms with Crippen molar-refractivity contribution in [2.45, 2.75) is 20.1 Å². The molecular formula is C12H12O3S2. The number of rotatable bonds is 5. The molecule has 0 aromatic carbocycles. The van der Waals surface area contributed by atoms with Crippen LogP contribution >= 0.6 is 22.7 Å². The monoisotopic (exact) mass is 268 g/mol. The van der Waals surface area contributed by atoms with Crippen LogP contribution in [0.25, 0.3) is 0 Å². The van der Waals surface area contributed by atoms with Gasteiger partial charge in [-0.15, -0.1) is 22.7 Å². The zero-order valence-corrected chi connectivity index (χ0v) is 10.9. The summed E-state index contributed by atoms with van der Waals surface area (Å²) in [6, 6.07) is 5.70. The van der Waals surface area contributed by atoms with Crippen LogP contribution in [0.5, 0.6) is 0 Å². The van der Waals surface area contributed by atoms with Gasteiger partial charge in [-0.25, -0.2) is 4.79 Å². The minimum Gasteiger partial charge on any atom is -0.477 e. The maximum atomic E-state index is 10.8. The van der Waals surface area contributed by atoms with Gasteiger partial charge in [-0.2, -0.15) is 0 Å². The minimum atomic E-state index is -0.873. The van der Waals surface area contributed by atoms with Gasteiger partial charge in [-0.05, 0) is 30.0 Å². The Labute approximate surface area is 107 Å². The molecule has 0 aliphatic carbocycles. The van der Waals surface area contributed by atoms with Crippen molar-refractivity contribution in [1.29, 1.82) is 0 Å². The maximum Gasteiger partial charge on any atom is 0.345 e. The summed E-state index contributed by atoms with van der Waals surface area (Å²) in [5, 5.41) is 10.9. The first-order valence-electron chi connectivity index (χ1n) is 5.09. The zero-order chi connectivity index (χ0) is 12.3. The molecule has 0 saturated carbocycles. The standard InChI is InChI=1S/C12H12O3S2/c1-8-9(5-11(17-8)12(13)14)6-15-7-10-3-2-4-16-10/h2-5H,6-7H2,1H3,(H,13,14). The van der Waals surface area contributed by atoms with E-state index in [1.54, 1.807) is 17.4 Å². The van der Waals surface area contributed by atoms with Crippen LogP contribution in [0, 0.1) is 6.92 Å². The van der Waals surface area contributed by atoms with E-state index in [1.165, 1.54) is 16.2 Å². The fourth-order valence-corrected chi connectivity index (χ4v) is 2.93. The van der Waals surface area contributed by atoms with Gasteiger partial charge in [0.15, 0.2) is 0 Å². The van der Waals surface area contributed by atoms with Crippen molar-refractivity contribution >= 4 is 28.6 Å². The molecule has 90 valence electrons. The van der Waals surface area contributed by atoms with Crippen LogP contribution < -0.4 is 0 Å². The van der Waals surface area contributed by atoms with Gasteiger partial charge in [-0.3, -0.25) is 0 Å². The molecule has 2 heterocycles. The van der Waals surface area contributed by atoms with Crippen molar-refractivity contribution in [2.75, 3.05) is 0 Å². The minimum absolute atomic E-state index is 0.372. The summed E-state index contributed by atoms with van der Waals surface area (Å²) in [6.07, 6.45) is 0. The zero-order valence-electron chi connectivity index (χ0n) is 9.30. The fraction of sp³-hybridized carbons (Fsp3) is 0.250. The molecule has 2 rings (SSSR count). The number of ether oxygens (including phenoxy) is 1. The molecule has 2 aromatic rings. The van der Waals surface area contributed by atoms with Crippen LogP contribution in [0.4, 0.5) is 0 Å². The number of hydrogen-bond donors (Lipinski definition) is 1. The lowest BCUT2D eigenvalue weighted by Gasteiger charge is -2.01. The number of carbonyl (C=O) groups is 1. The predicted molar refractivity (Wildman–Crippen MR) is 68.8 cm³/mol. The van der Waals surface area contributed by atoms with Crippen LogP contribution in [0.15, 0.2) is 23.6 Å². The first kappa shape index (κ1) is 12.3. The fourth-order valence-electron chi connectivity index (χ4n) is 1.42. The van der Waals surface area contributed by atoms with E-state index in [2.05, 4.69) is 0 Å². The molecule has 0 unspecified atom stereocenters. The van der Waals surface area contributed by atoms with Crippen LogP contribution in [0.1, 0.15) is 25.0 Å². The molecule has 0 saturated heterocycles. The number of aromatic carboxylic acids is 1. The van der Waals surface area contributed by atoms with E-state index in [9.17, 15) is 4.79 Å². The molecule has 0 amide bonds. The van der Waals surface area contributed by atoms with Gasteiger partial charge < -0.3 is 9.84 Å². The number of carboxylic acids is 1. The number of hydrogen-bond acceptors (Lipinski definition) is 4. The summed E-state index contributed by atoms with van der Waals surface area (Å²) in [5.74, 6) is -0.873. The molecule has 0 radical (unpaired) electrons. The van der Waals surface area contributed by atoms with E-state index in [0.717, 1.165) is 10.4 Å². The SMILES string of the molecule is Cc1sc(C(=O)O)cc1COCc1cccs1. The Hall–Kier alpha value is -1.17. The second kappa shape index (κ2) is 5.44. The van der Waals surface area contributed by atoms with Crippen molar-refractivity contribution < 1.29 is 14.6 Å². The average molecular weight is 268 g/mol. The third-order valence-corrected chi connectivity index (χ3v) is 4.24. The summed E-state index contributed by atoms with van der Waals surface area (Å²) < 4.78 is 5.56. The van der Waals surface area contributed by atoms with Crippen LogP contribution in [0.2, 0.25) is 0 Å². The van der Waals surface area contributed by atoms with Crippen LogP contribution in [-0.2, 0) is 18.0 Å². The molecular weight excluding hydrogens is 256 g/mol. The van der Waals surface area contributed by atoms with Crippen LogP contribution in [0.3, 0.4) is 0 Å². The summed E-state index contributed by atoms with van der Waals surface area (Å²) in [4.78, 5) is 13.4. The number of aryl methyl sites for hydroxylation is 1. The molecule has 0 spiro atoms. The molecule has 2 aromatic heterocycles. The van der Waals surface area contributed by atoms with Gasteiger partial charge in [0.1, 0.15) is 4.88 Å². The summed E-state index contributed by atoms with van der Waals surface area (Å²) in [6.45, 7) is 2.96. The smallest absolute Gasteiger partial charge is 0.345 e. The van der Waals surface area contributed by atoms with E-state index < -0.39 is 5.97 Å². The lowest BCUT2D eigenvalue weighted by atomic mass is 10.2. The topological polar surface area (TPSA) is 46.5 Å². The molecule has 0 aliphatic heterocycles. The molecule has 1 N–H and O–H groups in total. The van der Waals surface area contributed by atoms with E-state index >= 15 is 0 Å². The second-order valence-electron chi connectivity index (χ2n) is 3.57. The molecule has 17 heavy (non-hydrogen) atoms. The van der Waals surface area contributed by atoms with Crippen molar-refractivity contribution in [3.8, 4) is 0 Å². The first-order chi connectivity index (χ1) is 8.16. The summed E-state index contributed by atoms with van der Waals surface area (Å²) >= 11 is 2.95. The largest absolute Gasteiger partial charge is 0.477 e. The van der Waals surface area contributed by atoms with E-state index in [4.69, 9.17) is 9.84 Å². The lowest BCUT2D eigenvalue weighted by Crippen LogP contribution is -1.93. The Balaban J connectivity index is 1.92. The molecule has 3 nitrogen and oxygen atoms in total. The highest BCUT2D eigenvalue weighted by molar-refractivity contribution is 7.14. The van der Waals surface area contributed by atoms with Gasteiger partial charge in [0.25, 0.3) is 0 Å². The summed E-state index contributed by atoms with van der Waals surface area (Å²) in [5.41, 5.74) is 0.962. The molecule has 5 heteroatoms. The third-order valence-electron chi connectivity index (χ3n) is 2.31.